The molecule has 176 valence electrons. The Morgan fingerprint density at radius 2 is 1.69 bits per heavy atom. The summed E-state index contributed by atoms with van der Waals surface area (Å²) in [5.41, 5.74) is 5.38. The number of ether oxygens (including phenoxy) is 4. The van der Waals surface area contributed by atoms with Gasteiger partial charge in [-0.15, -0.1) is 0 Å². The Morgan fingerprint density at radius 1 is 1.09 bits per heavy atom. The van der Waals surface area contributed by atoms with Crippen LogP contribution >= 0.6 is 0 Å². The minimum atomic E-state index is -1.98. The molecule has 0 aromatic heterocycles. The zero-order valence-corrected chi connectivity index (χ0v) is 18.6. The molecule has 1 heterocycles. The number of hydrogen-bond donors (Lipinski definition) is 1. The lowest BCUT2D eigenvalue weighted by Crippen LogP contribution is -2.55. The number of benzene rings is 1. The second-order valence-corrected chi connectivity index (χ2v) is 7.56. The second kappa shape index (κ2) is 13.8. The van der Waals surface area contributed by atoms with Crippen molar-refractivity contribution in [1.29, 1.82) is 0 Å². The molecular weight excluding hydrogens is 412 g/mol. The summed E-state index contributed by atoms with van der Waals surface area (Å²) >= 11 is 0. The van der Waals surface area contributed by atoms with Crippen LogP contribution in [0, 0.1) is 0 Å². The van der Waals surface area contributed by atoms with Crippen molar-refractivity contribution in [2.24, 2.45) is 5.73 Å². The smallest absolute Gasteiger partial charge is 0.350 e. The fourth-order valence-electron chi connectivity index (χ4n) is 3.46. The SMILES string of the molecule is C=CCOC(=O)C(CC(N)Cc1ccccc1)(OCCN1CCOCC1)C(=O)OCC=C. The molecule has 0 radical (unpaired) electrons. The maximum Gasteiger partial charge on any atom is 0.350 e. The molecule has 1 aromatic carbocycles. The number of carbonyl (C=O) groups is 2. The maximum absolute atomic E-state index is 13.1. The molecule has 1 saturated heterocycles. The topological polar surface area (TPSA) is 100 Å². The molecule has 0 aliphatic carbocycles. The summed E-state index contributed by atoms with van der Waals surface area (Å²) in [5.74, 6) is -1.67. The molecule has 2 N–H and O–H groups in total. The van der Waals surface area contributed by atoms with Gasteiger partial charge in [0.25, 0.3) is 5.60 Å². The van der Waals surface area contributed by atoms with Crippen molar-refractivity contribution in [1.82, 2.24) is 4.90 Å². The van der Waals surface area contributed by atoms with Gasteiger partial charge >= 0.3 is 11.9 Å². The van der Waals surface area contributed by atoms with E-state index in [1.807, 2.05) is 30.3 Å². The number of morpholine rings is 1. The Bertz CT molecular complexity index is 709. The lowest BCUT2D eigenvalue weighted by atomic mass is 9.91. The number of carbonyl (C=O) groups excluding carboxylic acids is 2. The molecule has 2 rings (SSSR count). The van der Waals surface area contributed by atoms with Gasteiger partial charge in [0.15, 0.2) is 0 Å². The highest BCUT2D eigenvalue weighted by Crippen LogP contribution is 2.24. The van der Waals surface area contributed by atoms with Crippen molar-refractivity contribution in [3.8, 4) is 0 Å². The standard InChI is InChI=1S/C24H34N2O6/c1-3-13-30-22(27)24(23(28)31-14-4-2,32-17-12-26-10-15-29-16-11-26)19-21(25)18-20-8-6-5-7-9-20/h3-9,21H,1-2,10-19,25H2. The van der Waals surface area contributed by atoms with Gasteiger partial charge in [0.05, 0.1) is 19.8 Å². The van der Waals surface area contributed by atoms with Gasteiger partial charge in [-0.05, 0) is 12.0 Å². The van der Waals surface area contributed by atoms with Crippen LogP contribution in [0.3, 0.4) is 0 Å². The van der Waals surface area contributed by atoms with Crippen molar-refractivity contribution in [2.45, 2.75) is 24.5 Å². The fourth-order valence-corrected chi connectivity index (χ4v) is 3.46. The summed E-state index contributed by atoms with van der Waals surface area (Å²) < 4.78 is 21.8. The van der Waals surface area contributed by atoms with Crippen molar-refractivity contribution in [3.63, 3.8) is 0 Å². The van der Waals surface area contributed by atoms with Gasteiger partial charge in [-0.1, -0.05) is 55.6 Å². The summed E-state index contributed by atoms with van der Waals surface area (Å²) in [6.07, 6.45) is 3.22. The van der Waals surface area contributed by atoms with E-state index in [2.05, 4.69) is 18.1 Å². The van der Waals surface area contributed by atoms with E-state index in [-0.39, 0.29) is 26.2 Å². The molecule has 32 heavy (non-hydrogen) atoms. The third kappa shape index (κ3) is 7.87. The monoisotopic (exact) mass is 446 g/mol. The average molecular weight is 447 g/mol. The van der Waals surface area contributed by atoms with Crippen LogP contribution in [0.2, 0.25) is 0 Å². The number of nitrogens with two attached hydrogens (primary N) is 1. The molecule has 8 heteroatoms. The summed E-state index contributed by atoms with van der Waals surface area (Å²) in [5, 5.41) is 0. The first kappa shape index (κ1) is 25.7. The van der Waals surface area contributed by atoms with Crippen LogP contribution in [0.4, 0.5) is 0 Å². The van der Waals surface area contributed by atoms with Crippen LogP contribution in [0.5, 0.6) is 0 Å². The summed E-state index contributed by atoms with van der Waals surface area (Å²) in [7, 11) is 0. The predicted octanol–water partition coefficient (Wildman–Crippen LogP) is 1.49. The number of rotatable bonds is 14. The van der Waals surface area contributed by atoms with Gasteiger partial charge in [-0.2, -0.15) is 0 Å². The highest BCUT2D eigenvalue weighted by atomic mass is 16.6. The summed E-state index contributed by atoms with van der Waals surface area (Å²) in [6.45, 7) is 10.4. The molecule has 8 nitrogen and oxygen atoms in total. The summed E-state index contributed by atoms with van der Waals surface area (Å²) in [6, 6.07) is 9.05. The predicted molar refractivity (Wildman–Crippen MR) is 121 cm³/mol. The maximum atomic E-state index is 13.1. The van der Waals surface area contributed by atoms with E-state index in [9.17, 15) is 9.59 Å². The lowest BCUT2D eigenvalue weighted by Gasteiger charge is -2.33. The molecule has 1 atom stereocenters. The van der Waals surface area contributed by atoms with Crippen molar-refractivity contribution >= 4 is 11.9 Å². The largest absolute Gasteiger partial charge is 0.459 e. The van der Waals surface area contributed by atoms with Crippen molar-refractivity contribution in [2.75, 3.05) is 52.7 Å². The first-order valence-electron chi connectivity index (χ1n) is 10.8. The van der Waals surface area contributed by atoms with E-state index in [1.165, 1.54) is 12.2 Å². The van der Waals surface area contributed by atoms with Crippen LogP contribution in [0.25, 0.3) is 0 Å². The van der Waals surface area contributed by atoms with Crippen molar-refractivity contribution in [3.05, 3.63) is 61.2 Å². The Hall–Kier alpha value is -2.52. The van der Waals surface area contributed by atoms with Gasteiger partial charge in [0, 0.05) is 32.1 Å². The minimum Gasteiger partial charge on any atom is -0.459 e. The van der Waals surface area contributed by atoms with Crippen LogP contribution in [0.15, 0.2) is 55.6 Å². The van der Waals surface area contributed by atoms with Gasteiger partial charge in [0.1, 0.15) is 13.2 Å². The van der Waals surface area contributed by atoms with Crippen LogP contribution in [-0.4, -0.2) is 81.2 Å². The third-order valence-electron chi connectivity index (χ3n) is 5.07. The van der Waals surface area contributed by atoms with Gasteiger partial charge in [-0.25, -0.2) is 9.59 Å². The lowest BCUT2D eigenvalue weighted by molar-refractivity contribution is -0.192. The van der Waals surface area contributed by atoms with Crippen LogP contribution in [0.1, 0.15) is 12.0 Å². The van der Waals surface area contributed by atoms with E-state index in [0.717, 1.165) is 18.7 Å². The molecular formula is C24H34N2O6. The van der Waals surface area contributed by atoms with Gasteiger partial charge < -0.3 is 24.7 Å². The molecule has 0 saturated carbocycles. The molecule has 1 aromatic rings. The Kier molecular flexibility index (Phi) is 11.1. The number of hydrogen-bond acceptors (Lipinski definition) is 8. The van der Waals surface area contributed by atoms with Crippen molar-refractivity contribution < 1.29 is 28.5 Å². The Morgan fingerprint density at radius 3 is 2.25 bits per heavy atom. The quantitative estimate of drug-likeness (QED) is 0.261. The van der Waals surface area contributed by atoms with Gasteiger partial charge in [0.2, 0.25) is 0 Å². The first-order valence-corrected chi connectivity index (χ1v) is 10.8. The zero-order chi connectivity index (χ0) is 23.2. The second-order valence-electron chi connectivity index (χ2n) is 7.56. The van der Waals surface area contributed by atoms with Crippen LogP contribution < -0.4 is 5.73 Å². The normalized spacial score (nSPS) is 15.5. The number of nitrogens with zero attached hydrogens (tertiary/aromatic N) is 1. The zero-order valence-electron chi connectivity index (χ0n) is 18.6. The summed E-state index contributed by atoms with van der Waals surface area (Å²) in [4.78, 5) is 28.3. The highest BCUT2D eigenvalue weighted by molar-refractivity contribution is 6.03. The van der Waals surface area contributed by atoms with E-state index < -0.39 is 23.6 Å². The molecule has 1 unspecified atom stereocenters. The van der Waals surface area contributed by atoms with E-state index in [0.29, 0.717) is 26.2 Å². The Balaban J connectivity index is 2.20. The van der Waals surface area contributed by atoms with E-state index in [1.54, 1.807) is 0 Å². The third-order valence-corrected chi connectivity index (χ3v) is 5.07. The van der Waals surface area contributed by atoms with E-state index in [4.69, 9.17) is 24.7 Å². The number of esters is 2. The van der Waals surface area contributed by atoms with Gasteiger partial charge in [-0.3, -0.25) is 4.90 Å². The molecule has 0 bridgehead atoms. The Labute approximate surface area is 189 Å². The first-order chi connectivity index (χ1) is 15.5. The average Bonchev–Trinajstić information content (AvgIpc) is 2.81. The highest BCUT2D eigenvalue weighted by Gasteiger charge is 2.51. The molecule has 0 spiro atoms. The molecule has 0 amide bonds. The van der Waals surface area contributed by atoms with Crippen LogP contribution in [-0.2, 0) is 35.0 Å². The van der Waals surface area contributed by atoms with E-state index >= 15 is 0 Å². The molecule has 1 aliphatic heterocycles. The molecule has 1 fully saturated rings. The fraction of sp³-hybridized carbons (Fsp3) is 0.500. The molecule has 1 aliphatic rings. The minimum absolute atomic E-state index is 0.0595.